The summed E-state index contributed by atoms with van der Waals surface area (Å²) < 4.78 is 11.0. The Morgan fingerprint density at radius 2 is 1.88 bits per heavy atom. The van der Waals surface area contributed by atoms with E-state index in [1.807, 2.05) is 18.3 Å². The fourth-order valence-corrected chi connectivity index (χ4v) is 3.46. The normalized spacial score (nSPS) is 15.4. The van der Waals surface area contributed by atoms with Crippen molar-refractivity contribution < 1.29 is 19.4 Å². The van der Waals surface area contributed by atoms with Crippen molar-refractivity contribution in [3.8, 4) is 11.5 Å². The fraction of sp³-hybridized carbons (Fsp3) is 0.421. The summed E-state index contributed by atoms with van der Waals surface area (Å²) in [6.45, 7) is 7.41. The third-order valence-electron chi connectivity index (χ3n) is 4.81. The van der Waals surface area contributed by atoms with Crippen LogP contribution in [0, 0.1) is 6.92 Å². The molecule has 0 saturated carbocycles. The van der Waals surface area contributed by atoms with Crippen LogP contribution in [0.5, 0.6) is 11.5 Å². The first-order chi connectivity index (χ1) is 11.7. The molecular formula is C19H27N3O2+2. The molecule has 0 unspecified atom stereocenters. The quantitative estimate of drug-likeness (QED) is 0.879. The number of piperazine rings is 1. The molecule has 1 fully saturated rings. The number of aromatic nitrogens is 1. The van der Waals surface area contributed by atoms with Crippen molar-refractivity contribution in [3.63, 3.8) is 0 Å². The van der Waals surface area contributed by atoms with Crippen LogP contribution in [0.4, 0.5) is 5.82 Å². The molecule has 2 heterocycles. The third kappa shape index (κ3) is 3.46. The van der Waals surface area contributed by atoms with Gasteiger partial charge in [0.2, 0.25) is 0 Å². The molecular weight excluding hydrogens is 302 g/mol. The molecule has 5 heteroatoms. The van der Waals surface area contributed by atoms with Crippen LogP contribution in [-0.2, 0) is 6.54 Å². The Hall–Kier alpha value is -2.27. The van der Waals surface area contributed by atoms with Gasteiger partial charge >= 0.3 is 0 Å². The molecule has 2 N–H and O–H groups in total. The van der Waals surface area contributed by atoms with Gasteiger partial charge in [-0.05, 0) is 25.1 Å². The number of rotatable bonds is 5. The Kier molecular flexibility index (Phi) is 5.20. The highest BCUT2D eigenvalue weighted by Gasteiger charge is 2.27. The number of benzene rings is 1. The second-order valence-electron chi connectivity index (χ2n) is 6.25. The summed E-state index contributed by atoms with van der Waals surface area (Å²) in [7, 11) is 3.44. The van der Waals surface area contributed by atoms with Gasteiger partial charge in [-0.2, -0.15) is 0 Å². The van der Waals surface area contributed by atoms with Crippen molar-refractivity contribution >= 4 is 5.82 Å². The molecule has 128 valence electrons. The van der Waals surface area contributed by atoms with E-state index < -0.39 is 0 Å². The summed E-state index contributed by atoms with van der Waals surface area (Å²) in [6.07, 6.45) is 1.99. The predicted molar refractivity (Wildman–Crippen MR) is 93.9 cm³/mol. The lowest BCUT2D eigenvalue weighted by atomic mass is 10.1. The van der Waals surface area contributed by atoms with E-state index in [-0.39, 0.29) is 0 Å². The molecule has 1 aliphatic heterocycles. The van der Waals surface area contributed by atoms with Gasteiger partial charge in [-0.1, -0.05) is 6.07 Å². The van der Waals surface area contributed by atoms with Crippen molar-refractivity contribution in [2.45, 2.75) is 13.5 Å². The number of aromatic amines is 1. The number of nitrogens with one attached hydrogen (secondary N) is 2. The van der Waals surface area contributed by atoms with Crippen LogP contribution in [0.1, 0.15) is 11.1 Å². The van der Waals surface area contributed by atoms with Crippen molar-refractivity contribution in [1.82, 2.24) is 0 Å². The summed E-state index contributed by atoms with van der Waals surface area (Å²) in [5, 5.41) is 0. The van der Waals surface area contributed by atoms with E-state index in [1.54, 1.807) is 19.1 Å². The van der Waals surface area contributed by atoms with E-state index in [0.29, 0.717) is 0 Å². The molecule has 1 aliphatic rings. The second-order valence-corrected chi connectivity index (χ2v) is 6.25. The molecule has 0 atom stereocenters. The minimum atomic E-state index is 0.884. The molecule has 5 nitrogen and oxygen atoms in total. The van der Waals surface area contributed by atoms with Gasteiger partial charge in [-0.15, -0.1) is 0 Å². The number of hydrogen-bond acceptors (Lipinski definition) is 3. The molecule has 1 aromatic heterocycles. The highest BCUT2D eigenvalue weighted by atomic mass is 16.5. The van der Waals surface area contributed by atoms with E-state index >= 15 is 0 Å². The Bertz CT molecular complexity index is 668. The highest BCUT2D eigenvalue weighted by Crippen LogP contribution is 2.30. The number of H-pyrrole nitrogens is 1. The van der Waals surface area contributed by atoms with E-state index in [2.05, 4.69) is 35.0 Å². The molecule has 0 aliphatic carbocycles. The van der Waals surface area contributed by atoms with Crippen LogP contribution < -0.4 is 24.3 Å². The van der Waals surface area contributed by atoms with Crippen molar-refractivity contribution in [3.05, 3.63) is 47.7 Å². The van der Waals surface area contributed by atoms with Gasteiger partial charge in [0.1, 0.15) is 44.2 Å². The second kappa shape index (κ2) is 7.53. The van der Waals surface area contributed by atoms with Gasteiger partial charge in [0, 0.05) is 17.2 Å². The molecule has 1 aromatic carbocycles. The first kappa shape index (κ1) is 16.6. The molecule has 3 rings (SSSR count). The molecule has 1 saturated heterocycles. The molecule has 24 heavy (non-hydrogen) atoms. The molecule has 0 spiro atoms. The van der Waals surface area contributed by atoms with Crippen molar-refractivity contribution in [1.29, 1.82) is 0 Å². The smallest absolute Gasteiger partial charge is 0.274 e. The Morgan fingerprint density at radius 1 is 1.08 bits per heavy atom. The van der Waals surface area contributed by atoms with Crippen LogP contribution in [0.15, 0.2) is 36.5 Å². The zero-order valence-corrected chi connectivity index (χ0v) is 14.8. The van der Waals surface area contributed by atoms with Gasteiger partial charge in [0.25, 0.3) is 5.82 Å². The zero-order chi connectivity index (χ0) is 16.9. The molecule has 0 bridgehead atoms. The maximum atomic E-state index is 5.64. The summed E-state index contributed by atoms with van der Waals surface area (Å²) in [4.78, 5) is 7.33. The van der Waals surface area contributed by atoms with E-state index in [4.69, 9.17) is 9.47 Å². The van der Waals surface area contributed by atoms with Crippen LogP contribution in [0.2, 0.25) is 0 Å². The molecule has 0 amide bonds. The largest absolute Gasteiger partial charge is 0.496 e. The number of hydrogen-bond donors (Lipinski definition) is 1. The van der Waals surface area contributed by atoms with Gasteiger partial charge in [-0.25, -0.2) is 4.98 Å². The molecule has 0 radical (unpaired) electrons. The highest BCUT2D eigenvalue weighted by molar-refractivity contribution is 5.49. The number of ether oxygens (including phenoxy) is 2. The van der Waals surface area contributed by atoms with Gasteiger partial charge < -0.3 is 14.4 Å². The number of methoxy groups -OCH3 is 2. The summed E-state index contributed by atoms with van der Waals surface area (Å²) in [6, 6.07) is 10.4. The van der Waals surface area contributed by atoms with E-state index in [9.17, 15) is 0 Å². The minimum absolute atomic E-state index is 0.884. The average Bonchev–Trinajstić information content (AvgIpc) is 2.63. The monoisotopic (exact) mass is 329 g/mol. The summed E-state index contributed by atoms with van der Waals surface area (Å²) >= 11 is 0. The Labute approximate surface area is 143 Å². The first-order valence-electron chi connectivity index (χ1n) is 8.48. The van der Waals surface area contributed by atoms with Crippen LogP contribution in [0.25, 0.3) is 0 Å². The Morgan fingerprint density at radius 3 is 2.50 bits per heavy atom. The average molecular weight is 329 g/mol. The van der Waals surface area contributed by atoms with Crippen molar-refractivity contribution in [2.75, 3.05) is 45.3 Å². The number of anilines is 1. The third-order valence-corrected chi connectivity index (χ3v) is 4.81. The predicted octanol–water partition coefficient (Wildman–Crippen LogP) is 0.731. The van der Waals surface area contributed by atoms with E-state index in [0.717, 1.165) is 49.8 Å². The topological polar surface area (TPSA) is 40.3 Å². The van der Waals surface area contributed by atoms with Gasteiger partial charge in [-0.3, -0.25) is 4.90 Å². The Balaban J connectivity index is 1.65. The number of nitrogens with zero attached hydrogens (tertiary/aromatic N) is 1. The fourth-order valence-electron chi connectivity index (χ4n) is 3.46. The van der Waals surface area contributed by atoms with Gasteiger partial charge in [0.15, 0.2) is 0 Å². The maximum Gasteiger partial charge on any atom is 0.274 e. The van der Waals surface area contributed by atoms with Crippen LogP contribution >= 0.6 is 0 Å². The van der Waals surface area contributed by atoms with Crippen LogP contribution in [0.3, 0.4) is 0 Å². The zero-order valence-electron chi connectivity index (χ0n) is 14.8. The standard InChI is InChI=1S/C19H25N3O2/c1-15-17(23-2)8-7-16(19(15)24-3)14-21-10-12-22(13-11-21)18-6-4-5-9-20-18/h4-9H,10-14H2,1-3H3/p+2. The van der Waals surface area contributed by atoms with E-state index in [1.165, 1.54) is 11.4 Å². The van der Waals surface area contributed by atoms with Gasteiger partial charge in [0.05, 0.1) is 20.4 Å². The van der Waals surface area contributed by atoms with Crippen molar-refractivity contribution in [2.24, 2.45) is 0 Å². The lowest BCUT2D eigenvalue weighted by Gasteiger charge is -2.29. The first-order valence-corrected chi connectivity index (χ1v) is 8.48. The summed E-state index contributed by atoms with van der Waals surface area (Å²) in [5.74, 6) is 3.05. The lowest BCUT2D eigenvalue weighted by molar-refractivity contribution is -0.914. The maximum absolute atomic E-state index is 5.64. The SMILES string of the molecule is COc1ccc(C[NH+]2CCN(c3cccc[nH+]3)CC2)c(OC)c1C. The minimum Gasteiger partial charge on any atom is -0.496 e. The molecule has 2 aromatic rings. The summed E-state index contributed by atoms with van der Waals surface area (Å²) in [5.41, 5.74) is 2.33. The van der Waals surface area contributed by atoms with Crippen LogP contribution in [-0.4, -0.2) is 40.4 Å². The lowest BCUT2D eigenvalue weighted by Crippen LogP contribution is -3.13. The number of quaternary nitrogens is 1. The number of pyridine rings is 1.